The van der Waals surface area contributed by atoms with Crippen LogP contribution < -0.4 is 5.32 Å². The van der Waals surface area contributed by atoms with Crippen LogP contribution in [0.4, 0.5) is 0 Å². The van der Waals surface area contributed by atoms with E-state index < -0.39 is 6.04 Å². The Balaban J connectivity index is 1.68. The van der Waals surface area contributed by atoms with E-state index in [4.69, 9.17) is 0 Å². The molecule has 1 atom stereocenters. The van der Waals surface area contributed by atoms with Crippen molar-refractivity contribution in [3.63, 3.8) is 0 Å². The maximum Gasteiger partial charge on any atom is 0.242 e. The first-order chi connectivity index (χ1) is 14.5. The first-order valence-electron chi connectivity index (χ1n) is 11.2. The van der Waals surface area contributed by atoms with Crippen LogP contribution in [0, 0.1) is 6.92 Å². The van der Waals surface area contributed by atoms with E-state index in [-0.39, 0.29) is 17.9 Å². The molecule has 1 saturated carbocycles. The highest BCUT2D eigenvalue weighted by molar-refractivity contribution is 5.87. The van der Waals surface area contributed by atoms with Crippen molar-refractivity contribution in [3.8, 4) is 0 Å². The number of benzene rings is 2. The lowest BCUT2D eigenvalue weighted by Gasteiger charge is -2.31. The molecule has 2 amide bonds. The van der Waals surface area contributed by atoms with Crippen molar-refractivity contribution in [1.82, 2.24) is 10.2 Å². The van der Waals surface area contributed by atoms with Gasteiger partial charge in [-0.1, -0.05) is 79.4 Å². The van der Waals surface area contributed by atoms with Gasteiger partial charge in [-0.2, -0.15) is 0 Å². The fourth-order valence-electron chi connectivity index (χ4n) is 4.08. The third-order valence-electron chi connectivity index (χ3n) is 6.06. The first kappa shape index (κ1) is 22.1. The lowest BCUT2D eigenvalue weighted by Crippen LogP contribution is -2.50. The van der Waals surface area contributed by atoms with E-state index in [1.807, 2.05) is 56.3 Å². The molecule has 2 aromatic rings. The molecule has 0 heterocycles. The molecule has 1 fully saturated rings. The summed E-state index contributed by atoms with van der Waals surface area (Å²) in [6.45, 7) is 4.35. The Hall–Kier alpha value is -2.62. The van der Waals surface area contributed by atoms with Gasteiger partial charge in [-0.15, -0.1) is 0 Å². The number of amides is 2. The predicted molar refractivity (Wildman–Crippen MR) is 121 cm³/mol. The van der Waals surface area contributed by atoms with Gasteiger partial charge in [-0.25, -0.2) is 0 Å². The summed E-state index contributed by atoms with van der Waals surface area (Å²) < 4.78 is 0. The highest BCUT2D eigenvalue weighted by Crippen LogP contribution is 2.19. The van der Waals surface area contributed by atoms with E-state index >= 15 is 0 Å². The minimum absolute atomic E-state index is 0.0192. The average molecular weight is 407 g/mol. The molecular formula is C26H34N2O2. The molecule has 0 aromatic heterocycles. The number of aryl methyl sites for hydroxylation is 2. The minimum Gasteiger partial charge on any atom is -0.352 e. The van der Waals surface area contributed by atoms with Crippen molar-refractivity contribution in [2.45, 2.75) is 77.4 Å². The second kappa shape index (κ2) is 11.0. The van der Waals surface area contributed by atoms with Crippen molar-refractivity contribution in [2.75, 3.05) is 0 Å². The molecule has 2 aromatic carbocycles. The third kappa shape index (κ3) is 6.45. The van der Waals surface area contributed by atoms with Gasteiger partial charge in [0.25, 0.3) is 0 Å². The molecule has 30 heavy (non-hydrogen) atoms. The summed E-state index contributed by atoms with van der Waals surface area (Å²) in [6.07, 6.45) is 6.75. The normalized spacial score (nSPS) is 15.4. The fraction of sp³-hybridized carbons (Fsp3) is 0.462. The van der Waals surface area contributed by atoms with Crippen LogP contribution in [0.25, 0.3) is 0 Å². The van der Waals surface area contributed by atoms with Crippen LogP contribution in [0.2, 0.25) is 0 Å². The molecule has 0 bridgehead atoms. The Labute approximate surface area is 180 Å². The quantitative estimate of drug-likeness (QED) is 0.685. The van der Waals surface area contributed by atoms with Gasteiger partial charge in [0.15, 0.2) is 0 Å². The molecule has 3 rings (SSSR count). The van der Waals surface area contributed by atoms with E-state index in [0.29, 0.717) is 19.4 Å². The Morgan fingerprint density at radius 1 is 0.967 bits per heavy atom. The Bertz CT molecular complexity index is 811. The molecule has 0 aliphatic heterocycles. The highest BCUT2D eigenvalue weighted by Gasteiger charge is 2.27. The van der Waals surface area contributed by atoms with E-state index in [9.17, 15) is 9.59 Å². The van der Waals surface area contributed by atoms with Crippen LogP contribution in [0.5, 0.6) is 0 Å². The molecule has 1 N–H and O–H groups in total. The lowest BCUT2D eigenvalue weighted by molar-refractivity contribution is -0.141. The zero-order valence-corrected chi connectivity index (χ0v) is 18.3. The first-order valence-corrected chi connectivity index (χ1v) is 11.2. The summed E-state index contributed by atoms with van der Waals surface area (Å²) in [4.78, 5) is 27.9. The van der Waals surface area contributed by atoms with Crippen LogP contribution in [0.3, 0.4) is 0 Å². The van der Waals surface area contributed by atoms with Crippen molar-refractivity contribution in [2.24, 2.45) is 0 Å². The molecule has 1 unspecified atom stereocenters. The van der Waals surface area contributed by atoms with Gasteiger partial charge in [0.05, 0.1) is 0 Å². The standard InChI is InChI=1S/C26H34N2O2/c1-20-13-15-23(16-14-20)19-28(25(29)18-17-22-9-5-3-6-10-22)21(2)26(30)27-24-11-7-4-8-12-24/h3,5-6,9-10,13-16,21,24H,4,7-8,11-12,17-19H2,1-2H3,(H,27,30). The van der Waals surface area contributed by atoms with Crippen LogP contribution in [-0.4, -0.2) is 28.8 Å². The number of hydrogen-bond acceptors (Lipinski definition) is 2. The van der Waals surface area contributed by atoms with Crippen LogP contribution in [0.15, 0.2) is 54.6 Å². The Morgan fingerprint density at radius 3 is 2.30 bits per heavy atom. The van der Waals surface area contributed by atoms with E-state index in [1.165, 1.54) is 24.8 Å². The summed E-state index contributed by atoms with van der Waals surface area (Å²) in [5.41, 5.74) is 3.37. The molecule has 1 aliphatic rings. The van der Waals surface area contributed by atoms with E-state index in [2.05, 4.69) is 17.4 Å². The van der Waals surface area contributed by atoms with Gasteiger partial charge in [0.1, 0.15) is 6.04 Å². The fourth-order valence-corrected chi connectivity index (χ4v) is 4.08. The summed E-state index contributed by atoms with van der Waals surface area (Å²) in [6, 6.07) is 18.0. The Morgan fingerprint density at radius 2 is 1.63 bits per heavy atom. The van der Waals surface area contributed by atoms with Gasteiger partial charge in [-0.3, -0.25) is 9.59 Å². The zero-order valence-electron chi connectivity index (χ0n) is 18.3. The maximum absolute atomic E-state index is 13.2. The molecule has 4 nitrogen and oxygen atoms in total. The number of hydrogen-bond donors (Lipinski definition) is 1. The van der Waals surface area contributed by atoms with Gasteiger partial charge in [0.2, 0.25) is 11.8 Å². The number of nitrogens with one attached hydrogen (secondary N) is 1. The Kier molecular flexibility index (Phi) is 8.06. The number of nitrogens with zero attached hydrogens (tertiary/aromatic N) is 1. The van der Waals surface area contributed by atoms with Crippen LogP contribution in [0.1, 0.15) is 62.1 Å². The summed E-state index contributed by atoms with van der Waals surface area (Å²) in [5, 5.41) is 3.19. The number of carbonyl (C=O) groups is 2. The lowest BCUT2D eigenvalue weighted by atomic mass is 9.95. The average Bonchev–Trinajstić information content (AvgIpc) is 2.78. The van der Waals surface area contributed by atoms with Gasteiger partial charge in [0, 0.05) is 19.0 Å². The van der Waals surface area contributed by atoms with Crippen molar-refractivity contribution < 1.29 is 9.59 Å². The smallest absolute Gasteiger partial charge is 0.242 e. The molecular weight excluding hydrogens is 372 g/mol. The van der Waals surface area contributed by atoms with E-state index in [0.717, 1.165) is 24.0 Å². The zero-order chi connectivity index (χ0) is 21.3. The summed E-state index contributed by atoms with van der Waals surface area (Å²) in [7, 11) is 0. The number of rotatable bonds is 8. The molecule has 0 saturated heterocycles. The van der Waals surface area contributed by atoms with Crippen molar-refractivity contribution >= 4 is 11.8 Å². The molecule has 0 spiro atoms. The molecule has 160 valence electrons. The maximum atomic E-state index is 13.2. The van der Waals surface area contributed by atoms with Gasteiger partial charge < -0.3 is 10.2 Å². The largest absolute Gasteiger partial charge is 0.352 e. The number of carbonyl (C=O) groups excluding carboxylic acids is 2. The SMILES string of the molecule is Cc1ccc(CN(C(=O)CCc2ccccc2)C(C)C(=O)NC2CCCCC2)cc1. The summed E-state index contributed by atoms with van der Waals surface area (Å²) in [5.74, 6) is -0.0206. The van der Waals surface area contributed by atoms with Crippen molar-refractivity contribution in [1.29, 1.82) is 0 Å². The highest BCUT2D eigenvalue weighted by atomic mass is 16.2. The van der Waals surface area contributed by atoms with Gasteiger partial charge in [-0.05, 0) is 44.2 Å². The topological polar surface area (TPSA) is 49.4 Å². The monoisotopic (exact) mass is 406 g/mol. The third-order valence-corrected chi connectivity index (χ3v) is 6.06. The van der Waals surface area contributed by atoms with Crippen LogP contribution in [-0.2, 0) is 22.6 Å². The molecule has 4 heteroatoms. The van der Waals surface area contributed by atoms with Crippen molar-refractivity contribution in [3.05, 3.63) is 71.3 Å². The second-order valence-electron chi connectivity index (χ2n) is 8.51. The predicted octanol–water partition coefficient (Wildman–Crippen LogP) is 4.79. The minimum atomic E-state index is -0.489. The molecule has 0 radical (unpaired) electrons. The van der Waals surface area contributed by atoms with Gasteiger partial charge >= 0.3 is 0 Å². The molecule has 1 aliphatic carbocycles. The second-order valence-corrected chi connectivity index (χ2v) is 8.51. The summed E-state index contributed by atoms with van der Waals surface area (Å²) >= 11 is 0. The van der Waals surface area contributed by atoms with Crippen LogP contribution >= 0.6 is 0 Å². The van der Waals surface area contributed by atoms with E-state index in [1.54, 1.807) is 4.90 Å².